The van der Waals surface area contributed by atoms with Crippen molar-refractivity contribution in [3.8, 4) is 0 Å². The normalized spacial score (nSPS) is 30.5. The van der Waals surface area contributed by atoms with Gasteiger partial charge in [0.15, 0.2) is 29.4 Å². The van der Waals surface area contributed by atoms with Gasteiger partial charge in [-0.05, 0) is 44.0 Å². The average molecular weight is 675 g/mol. The highest BCUT2D eigenvalue weighted by atomic mass is 16.6. The second-order valence-electron chi connectivity index (χ2n) is 13.3. The first-order chi connectivity index (χ1) is 23.0. The molecule has 8 atom stereocenters. The third-order valence-electron chi connectivity index (χ3n) is 9.07. The van der Waals surface area contributed by atoms with Gasteiger partial charge in [0.1, 0.15) is 12.2 Å². The van der Waals surface area contributed by atoms with Crippen molar-refractivity contribution in [1.29, 1.82) is 0 Å². The highest BCUT2D eigenvalue weighted by molar-refractivity contribution is 5.96. The van der Waals surface area contributed by atoms with Crippen LogP contribution in [0.5, 0.6) is 0 Å². The van der Waals surface area contributed by atoms with Gasteiger partial charge in [0, 0.05) is 37.2 Å². The lowest BCUT2D eigenvalue weighted by Gasteiger charge is -2.42. The van der Waals surface area contributed by atoms with Crippen LogP contribution in [0.25, 0.3) is 0 Å². The minimum absolute atomic E-state index is 0.0895. The summed E-state index contributed by atoms with van der Waals surface area (Å²) in [5.74, 6) is -7.89. The Kier molecular flexibility index (Phi) is 11.1. The fraction of sp³-hybridized carbons (Fsp3) is 0.421. The molecule has 11 heteroatoms. The van der Waals surface area contributed by atoms with E-state index in [2.05, 4.69) is 6.58 Å². The fourth-order valence-electron chi connectivity index (χ4n) is 6.68. The Bertz CT molecular complexity index is 1640. The number of aliphatic hydroxyl groups excluding tert-OH is 1. The largest absolute Gasteiger partial charge is 0.458 e. The molecular formula is C38H42O11. The molecule has 1 saturated carbocycles. The van der Waals surface area contributed by atoms with Gasteiger partial charge in [-0.2, -0.15) is 0 Å². The Hall–Kier alpha value is -4.90. The lowest BCUT2D eigenvalue weighted by molar-refractivity contribution is -0.183. The number of esters is 4. The molecule has 49 heavy (non-hydrogen) atoms. The van der Waals surface area contributed by atoms with Gasteiger partial charge in [0.05, 0.1) is 17.0 Å². The molecule has 0 heterocycles. The molecule has 0 bridgehead atoms. The van der Waals surface area contributed by atoms with Crippen LogP contribution in [0, 0.1) is 23.2 Å². The highest BCUT2D eigenvalue weighted by Crippen LogP contribution is 2.51. The van der Waals surface area contributed by atoms with E-state index in [-0.39, 0.29) is 23.1 Å². The summed E-state index contributed by atoms with van der Waals surface area (Å²) in [4.78, 5) is 81.1. The van der Waals surface area contributed by atoms with E-state index in [9.17, 15) is 33.9 Å². The molecule has 2 aromatic rings. The standard InChI is InChI=1S/C38H42O11/c1-21-18-19-37(6,7)34(43)29(41)32(48-36(45)27-16-12-9-13-17-27)23(3)31(46-24(4)39)28-30(47-35(44)26-14-10-8-11-15-26)22(2)20-38(28,33(21)42)49-25(5)40/h8-19,21-22,28-32,41H,3,20H2,1-2,4-7H3/b19-18+/t21-,22-,28+,29+,30-,31-,32-,38+/m0/s1. The molecule has 4 rings (SSSR count). The first-order valence-corrected chi connectivity index (χ1v) is 16.0. The molecule has 2 aliphatic rings. The Labute approximate surface area is 285 Å². The number of benzene rings is 2. The minimum atomic E-state index is -2.06. The second kappa shape index (κ2) is 14.7. The summed E-state index contributed by atoms with van der Waals surface area (Å²) in [6.07, 6.45) is -4.03. The lowest BCUT2D eigenvalue weighted by atomic mass is 9.72. The Balaban J connectivity index is 1.99. The van der Waals surface area contributed by atoms with Gasteiger partial charge >= 0.3 is 23.9 Å². The third-order valence-corrected chi connectivity index (χ3v) is 9.07. The van der Waals surface area contributed by atoms with E-state index in [0.717, 1.165) is 13.8 Å². The average Bonchev–Trinajstić information content (AvgIpc) is 3.33. The molecule has 1 N–H and O–H groups in total. The van der Waals surface area contributed by atoms with Crippen LogP contribution in [0.2, 0.25) is 0 Å². The molecule has 260 valence electrons. The zero-order chi connectivity index (χ0) is 36.3. The zero-order valence-electron chi connectivity index (χ0n) is 28.4. The Morgan fingerprint density at radius 3 is 1.82 bits per heavy atom. The quantitative estimate of drug-likeness (QED) is 0.259. The third kappa shape index (κ3) is 7.72. The lowest BCUT2D eigenvalue weighted by Crippen LogP contribution is -2.58. The van der Waals surface area contributed by atoms with E-state index in [4.69, 9.17) is 18.9 Å². The Morgan fingerprint density at radius 2 is 1.31 bits per heavy atom. The molecule has 0 aliphatic heterocycles. The van der Waals surface area contributed by atoms with Crippen molar-refractivity contribution in [2.75, 3.05) is 0 Å². The molecule has 11 nitrogen and oxygen atoms in total. The van der Waals surface area contributed by atoms with E-state index >= 15 is 0 Å². The van der Waals surface area contributed by atoms with Gasteiger partial charge in [0.2, 0.25) is 0 Å². The van der Waals surface area contributed by atoms with Gasteiger partial charge in [-0.15, -0.1) is 0 Å². The minimum Gasteiger partial charge on any atom is -0.458 e. The summed E-state index contributed by atoms with van der Waals surface area (Å²) in [5.41, 5.74) is -3.47. The van der Waals surface area contributed by atoms with Crippen molar-refractivity contribution in [3.63, 3.8) is 0 Å². The number of rotatable bonds is 6. The van der Waals surface area contributed by atoms with E-state index in [1.165, 1.54) is 50.3 Å². The highest BCUT2D eigenvalue weighted by Gasteiger charge is 2.65. The van der Waals surface area contributed by atoms with Crippen molar-refractivity contribution < 1.29 is 52.8 Å². The summed E-state index contributed by atoms with van der Waals surface area (Å²) >= 11 is 0. The summed E-state index contributed by atoms with van der Waals surface area (Å²) in [5, 5.41) is 11.7. The van der Waals surface area contributed by atoms with Crippen molar-refractivity contribution in [3.05, 3.63) is 96.1 Å². The predicted octanol–water partition coefficient (Wildman–Crippen LogP) is 4.61. The van der Waals surface area contributed by atoms with Crippen molar-refractivity contribution >= 4 is 35.4 Å². The molecule has 2 aliphatic carbocycles. The molecule has 0 amide bonds. The van der Waals surface area contributed by atoms with Gasteiger partial charge in [-0.25, -0.2) is 9.59 Å². The molecule has 0 aromatic heterocycles. The maximum atomic E-state index is 14.6. The topological polar surface area (TPSA) is 160 Å². The number of carbonyl (C=O) groups excluding carboxylic acids is 6. The molecule has 0 unspecified atom stereocenters. The zero-order valence-corrected chi connectivity index (χ0v) is 28.4. The van der Waals surface area contributed by atoms with Crippen LogP contribution in [0.1, 0.15) is 68.7 Å². The molecule has 1 fully saturated rings. The van der Waals surface area contributed by atoms with Crippen LogP contribution < -0.4 is 0 Å². The smallest absolute Gasteiger partial charge is 0.338 e. The van der Waals surface area contributed by atoms with E-state index in [0.29, 0.717) is 0 Å². The van der Waals surface area contributed by atoms with Crippen molar-refractivity contribution in [2.45, 2.75) is 78.0 Å². The number of ketones is 2. The number of hydrogen-bond donors (Lipinski definition) is 1. The fourth-order valence-corrected chi connectivity index (χ4v) is 6.68. The van der Waals surface area contributed by atoms with E-state index < -0.39 is 88.6 Å². The van der Waals surface area contributed by atoms with E-state index in [1.54, 1.807) is 50.2 Å². The number of allylic oxidation sites excluding steroid dienone is 2. The maximum Gasteiger partial charge on any atom is 0.338 e. The van der Waals surface area contributed by atoms with Gasteiger partial charge < -0.3 is 24.1 Å². The van der Waals surface area contributed by atoms with Crippen LogP contribution in [-0.2, 0) is 38.1 Å². The summed E-state index contributed by atoms with van der Waals surface area (Å²) in [6, 6.07) is 15.9. The van der Waals surface area contributed by atoms with Gasteiger partial charge in [-0.3, -0.25) is 19.2 Å². The second-order valence-corrected chi connectivity index (χ2v) is 13.3. The molecule has 0 spiro atoms. The van der Waals surface area contributed by atoms with Crippen LogP contribution in [0.3, 0.4) is 0 Å². The van der Waals surface area contributed by atoms with Crippen molar-refractivity contribution in [1.82, 2.24) is 0 Å². The molecule has 2 aromatic carbocycles. The number of hydrogen-bond acceptors (Lipinski definition) is 11. The van der Waals surface area contributed by atoms with Crippen LogP contribution in [0.4, 0.5) is 0 Å². The van der Waals surface area contributed by atoms with Crippen LogP contribution in [0.15, 0.2) is 85.0 Å². The number of ether oxygens (including phenoxy) is 4. The predicted molar refractivity (Wildman–Crippen MR) is 176 cm³/mol. The number of Topliss-reactive ketones (excluding diaryl/α,β-unsaturated/α-hetero) is 2. The van der Waals surface area contributed by atoms with Gasteiger partial charge in [-0.1, -0.05) is 69.0 Å². The molecule has 0 saturated heterocycles. The number of carbonyl (C=O) groups is 6. The monoisotopic (exact) mass is 674 g/mol. The SMILES string of the molecule is C=C1[C@H](OC(C)=O)[C@H]2[C@@H](OC(=O)c3ccccc3)[C@@H](C)C[C@]2(OC(C)=O)C(=O)[C@@H](C)/C=C/C(C)(C)C(=O)[C@H](O)[C@H]1OC(=O)c1ccccc1. The van der Waals surface area contributed by atoms with Crippen LogP contribution >= 0.6 is 0 Å². The van der Waals surface area contributed by atoms with Gasteiger partial charge in [0.25, 0.3) is 0 Å². The van der Waals surface area contributed by atoms with E-state index in [1.807, 2.05) is 0 Å². The molecule has 0 radical (unpaired) electrons. The maximum absolute atomic E-state index is 14.6. The number of fused-ring (bicyclic) bond motifs is 1. The number of aliphatic hydroxyl groups is 1. The summed E-state index contributed by atoms with van der Waals surface area (Å²) in [6.45, 7) is 12.6. The van der Waals surface area contributed by atoms with Crippen molar-refractivity contribution in [2.24, 2.45) is 23.2 Å². The van der Waals surface area contributed by atoms with Crippen LogP contribution in [-0.4, -0.2) is 70.6 Å². The Morgan fingerprint density at radius 1 is 0.776 bits per heavy atom. The first kappa shape index (κ1) is 36.9. The first-order valence-electron chi connectivity index (χ1n) is 16.0. The molecular weight excluding hydrogens is 632 g/mol. The summed E-state index contributed by atoms with van der Waals surface area (Å²) < 4.78 is 23.6. The summed E-state index contributed by atoms with van der Waals surface area (Å²) in [7, 11) is 0.